The van der Waals surface area contributed by atoms with Crippen molar-refractivity contribution in [3.05, 3.63) is 28.0 Å². The normalized spacial score (nSPS) is 11.5. The summed E-state index contributed by atoms with van der Waals surface area (Å²) in [5.41, 5.74) is 0. The Morgan fingerprint density at radius 3 is 2.94 bits per heavy atom. The van der Waals surface area contributed by atoms with Gasteiger partial charge in [-0.05, 0) is 30.5 Å². The van der Waals surface area contributed by atoms with E-state index in [1.165, 1.54) is 0 Å². The van der Waals surface area contributed by atoms with Crippen molar-refractivity contribution in [2.45, 2.75) is 26.9 Å². The lowest BCUT2D eigenvalue weighted by atomic mass is 10.1. The van der Waals surface area contributed by atoms with Crippen LogP contribution in [-0.4, -0.2) is 17.7 Å². The molecule has 1 aromatic rings. The van der Waals surface area contributed by atoms with Gasteiger partial charge in [-0.2, -0.15) is 0 Å². The van der Waals surface area contributed by atoms with Gasteiger partial charge in [0, 0.05) is 22.4 Å². The lowest BCUT2D eigenvalue weighted by Crippen LogP contribution is -1.98. The number of carboxylic acid groups (broad SMARTS) is 1. The molecule has 0 fully saturated rings. The maximum absolute atomic E-state index is 10.3. The third kappa shape index (κ3) is 6.24. The van der Waals surface area contributed by atoms with Gasteiger partial charge < -0.3 is 9.84 Å². The zero-order chi connectivity index (χ0) is 12.7. The molecule has 3 nitrogen and oxygen atoms in total. The predicted octanol–water partition coefficient (Wildman–Crippen LogP) is 3.41. The van der Waals surface area contributed by atoms with Crippen LogP contribution in [0, 0.1) is 5.92 Å². The van der Waals surface area contributed by atoms with Crippen molar-refractivity contribution in [3.63, 3.8) is 0 Å². The quantitative estimate of drug-likeness (QED) is 0.599. The van der Waals surface area contributed by atoms with Crippen molar-refractivity contribution in [1.29, 1.82) is 0 Å². The van der Waals surface area contributed by atoms with Crippen molar-refractivity contribution in [3.8, 4) is 0 Å². The van der Waals surface area contributed by atoms with Crippen LogP contribution in [0.4, 0.5) is 0 Å². The Morgan fingerprint density at radius 1 is 1.53 bits per heavy atom. The van der Waals surface area contributed by atoms with Crippen LogP contribution in [0.1, 0.15) is 30.0 Å². The standard InChI is InChI=1S/C13H18O3S/c1-10(2)7-8-16-9-12-4-3-11(17-12)5-6-13(14)15/h3-6,10H,7-9H2,1-2H3,(H,14,15). The van der Waals surface area contributed by atoms with Crippen LogP contribution in [0.3, 0.4) is 0 Å². The molecule has 0 aliphatic rings. The van der Waals surface area contributed by atoms with E-state index in [1.807, 2.05) is 12.1 Å². The average molecular weight is 254 g/mol. The molecule has 94 valence electrons. The zero-order valence-corrected chi connectivity index (χ0v) is 11.0. The summed E-state index contributed by atoms with van der Waals surface area (Å²) in [6, 6.07) is 3.88. The Morgan fingerprint density at radius 2 is 2.29 bits per heavy atom. The Bertz CT molecular complexity index is 380. The number of aliphatic carboxylic acids is 1. The number of hydrogen-bond acceptors (Lipinski definition) is 3. The first kappa shape index (κ1) is 13.9. The van der Waals surface area contributed by atoms with Gasteiger partial charge in [0.1, 0.15) is 0 Å². The molecule has 0 saturated heterocycles. The number of carbonyl (C=O) groups is 1. The summed E-state index contributed by atoms with van der Waals surface area (Å²) in [4.78, 5) is 12.4. The molecule has 1 aromatic heterocycles. The fraction of sp³-hybridized carbons (Fsp3) is 0.462. The smallest absolute Gasteiger partial charge is 0.328 e. The number of ether oxygens (including phenoxy) is 1. The summed E-state index contributed by atoms with van der Waals surface area (Å²) >= 11 is 1.56. The molecule has 17 heavy (non-hydrogen) atoms. The molecule has 1 rings (SSSR count). The summed E-state index contributed by atoms with van der Waals surface area (Å²) in [6.07, 6.45) is 3.82. The molecule has 0 aliphatic carbocycles. The fourth-order valence-electron chi connectivity index (χ4n) is 1.21. The van der Waals surface area contributed by atoms with Crippen molar-refractivity contribution in [1.82, 2.24) is 0 Å². The summed E-state index contributed by atoms with van der Waals surface area (Å²) in [6.45, 7) is 5.72. The first-order valence-electron chi connectivity index (χ1n) is 5.65. The van der Waals surface area contributed by atoms with E-state index in [1.54, 1.807) is 17.4 Å². The Balaban J connectivity index is 2.33. The minimum Gasteiger partial charge on any atom is -0.478 e. The molecule has 0 unspecified atom stereocenters. The third-order valence-corrected chi connectivity index (χ3v) is 3.18. The Hall–Kier alpha value is -1.13. The highest BCUT2D eigenvalue weighted by Gasteiger charge is 1.99. The van der Waals surface area contributed by atoms with Crippen molar-refractivity contribution >= 4 is 23.4 Å². The highest BCUT2D eigenvalue weighted by atomic mass is 32.1. The van der Waals surface area contributed by atoms with Gasteiger partial charge in [-0.1, -0.05) is 13.8 Å². The number of hydrogen-bond donors (Lipinski definition) is 1. The molecule has 0 spiro atoms. The first-order chi connectivity index (χ1) is 8.08. The highest BCUT2D eigenvalue weighted by molar-refractivity contribution is 7.12. The van der Waals surface area contributed by atoms with Crippen LogP contribution >= 0.6 is 11.3 Å². The van der Waals surface area contributed by atoms with Crippen molar-refractivity contribution in [2.75, 3.05) is 6.61 Å². The second-order valence-electron chi connectivity index (χ2n) is 4.21. The number of rotatable bonds is 7. The largest absolute Gasteiger partial charge is 0.478 e. The molecule has 0 amide bonds. The molecular weight excluding hydrogens is 236 g/mol. The van der Waals surface area contributed by atoms with Gasteiger partial charge in [0.2, 0.25) is 0 Å². The molecule has 4 heteroatoms. The van der Waals surface area contributed by atoms with Crippen LogP contribution in [0.25, 0.3) is 6.08 Å². The Labute approximate surface area is 106 Å². The van der Waals surface area contributed by atoms with Gasteiger partial charge in [-0.15, -0.1) is 11.3 Å². The van der Waals surface area contributed by atoms with Gasteiger partial charge >= 0.3 is 5.97 Å². The minimum absolute atomic E-state index is 0.609. The molecule has 0 radical (unpaired) electrons. The van der Waals surface area contributed by atoms with E-state index >= 15 is 0 Å². The highest BCUT2D eigenvalue weighted by Crippen LogP contribution is 2.19. The number of thiophene rings is 1. The fourth-order valence-corrected chi connectivity index (χ4v) is 2.06. The molecule has 1 heterocycles. The van der Waals surface area contributed by atoms with E-state index in [4.69, 9.17) is 9.84 Å². The van der Waals surface area contributed by atoms with Crippen LogP contribution in [-0.2, 0) is 16.1 Å². The lowest BCUT2D eigenvalue weighted by Gasteiger charge is -2.04. The summed E-state index contributed by atoms with van der Waals surface area (Å²) in [5, 5.41) is 8.50. The third-order valence-electron chi connectivity index (χ3n) is 2.16. The average Bonchev–Trinajstić information content (AvgIpc) is 2.69. The predicted molar refractivity (Wildman–Crippen MR) is 70.1 cm³/mol. The molecule has 0 aromatic carbocycles. The topological polar surface area (TPSA) is 46.5 Å². The van der Waals surface area contributed by atoms with Crippen LogP contribution in [0.5, 0.6) is 0 Å². The van der Waals surface area contributed by atoms with Crippen molar-refractivity contribution < 1.29 is 14.6 Å². The van der Waals surface area contributed by atoms with Crippen molar-refractivity contribution in [2.24, 2.45) is 5.92 Å². The van der Waals surface area contributed by atoms with Gasteiger partial charge in [0.05, 0.1) is 6.61 Å². The van der Waals surface area contributed by atoms with Gasteiger partial charge in [0.25, 0.3) is 0 Å². The molecule has 0 saturated carbocycles. The van der Waals surface area contributed by atoms with E-state index < -0.39 is 5.97 Å². The lowest BCUT2D eigenvalue weighted by molar-refractivity contribution is -0.131. The summed E-state index contributed by atoms with van der Waals surface area (Å²) in [5.74, 6) is -0.263. The summed E-state index contributed by atoms with van der Waals surface area (Å²) < 4.78 is 5.54. The molecule has 1 N–H and O–H groups in total. The maximum Gasteiger partial charge on any atom is 0.328 e. The monoisotopic (exact) mass is 254 g/mol. The Kier molecular flexibility index (Phi) is 5.94. The molecule has 0 aliphatic heterocycles. The van der Waals surface area contributed by atoms with Gasteiger partial charge in [0.15, 0.2) is 0 Å². The molecule has 0 bridgehead atoms. The van der Waals surface area contributed by atoms with Gasteiger partial charge in [-0.25, -0.2) is 4.79 Å². The summed E-state index contributed by atoms with van der Waals surface area (Å²) in [7, 11) is 0. The second kappa shape index (κ2) is 7.25. The van der Waals surface area contributed by atoms with E-state index in [2.05, 4.69) is 13.8 Å². The van der Waals surface area contributed by atoms with E-state index in [0.29, 0.717) is 12.5 Å². The van der Waals surface area contributed by atoms with E-state index in [-0.39, 0.29) is 0 Å². The number of carboxylic acids is 1. The molecule has 0 atom stereocenters. The minimum atomic E-state index is -0.923. The van der Waals surface area contributed by atoms with E-state index in [0.717, 1.165) is 28.9 Å². The van der Waals surface area contributed by atoms with Crippen LogP contribution in [0.15, 0.2) is 18.2 Å². The van der Waals surface area contributed by atoms with Gasteiger partial charge in [-0.3, -0.25) is 0 Å². The van der Waals surface area contributed by atoms with Crippen LogP contribution in [0.2, 0.25) is 0 Å². The van der Waals surface area contributed by atoms with Crippen LogP contribution < -0.4 is 0 Å². The SMILES string of the molecule is CC(C)CCOCc1ccc(C=CC(=O)O)s1. The second-order valence-corrected chi connectivity index (χ2v) is 5.41. The zero-order valence-electron chi connectivity index (χ0n) is 10.2. The maximum atomic E-state index is 10.3. The first-order valence-corrected chi connectivity index (χ1v) is 6.47. The molecular formula is C13H18O3S. The van der Waals surface area contributed by atoms with E-state index in [9.17, 15) is 4.79 Å².